The topological polar surface area (TPSA) is 12.9 Å². The zero-order chi connectivity index (χ0) is 8.43. The quantitative estimate of drug-likeness (QED) is 0.571. The van der Waals surface area contributed by atoms with Crippen LogP contribution in [0.3, 0.4) is 0 Å². The van der Waals surface area contributed by atoms with Crippen LogP contribution in [0.25, 0.3) is 0 Å². The molecule has 1 heterocycles. The number of hydrogen-bond donors (Lipinski definition) is 0. The molecule has 0 unspecified atom stereocenters. The Labute approximate surface area is 80.9 Å². The lowest BCUT2D eigenvalue weighted by Gasteiger charge is -2.00. The lowest BCUT2D eigenvalue weighted by atomic mass is 10.3. The largest absolute Gasteiger partial charge is 0.266 e. The van der Waals surface area contributed by atoms with Crippen molar-refractivity contribution in [3.8, 4) is 0 Å². The molecular weight excluding hydrogens is 286 g/mol. The highest BCUT2D eigenvalue weighted by Crippen LogP contribution is 2.25. The highest BCUT2D eigenvalue weighted by Gasteiger charge is 2.12. The van der Waals surface area contributed by atoms with E-state index in [2.05, 4.69) is 4.98 Å². The summed E-state index contributed by atoms with van der Waals surface area (Å²) in [5, 5.41) is -0.119. The summed E-state index contributed by atoms with van der Waals surface area (Å²) < 4.78 is 24.7. The highest BCUT2D eigenvalue weighted by atomic mass is 127. The summed E-state index contributed by atoms with van der Waals surface area (Å²) in [6.45, 7) is 0. The first-order valence-electron chi connectivity index (χ1n) is 2.71. The molecular formula is C6H3ClF2IN. The van der Waals surface area contributed by atoms with E-state index in [1.807, 2.05) is 22.6 Å². The van der Waals surface area contributed by atoms with E-state index in [9.17, 15) is 8.78 Å². The molecule has 0 bridgehead atoms. The molecule has 0 N–H and O–H groups in total. The Morgan fingerprint density at radius 2 is 2.09 bits per heavy atom. The zero-order valence-corrected chi connectivity index (χ0v) is 8.10. The number of hydrogen-bond acceptors (Lipinski definition) is 1. The predicted octanol–water partition coefficient (Wildman–Crippen LogP) is 3.28. The van der Waals surface area contributed by atoms with E-state index >= 15 is 0 Å². The molecule has 11 heavy (non-hydrogen) atoms. The van der Waals surface area contributed by atoms with Gasteiger partial charge in [0.15, 0.2) is 0 Å². The zero-order valence-electron chi connectivity index (χ0n) is 5.19. The van der Waals surface area contributed by atoms with Crippen LogP contribution in [0.5, 0.6) is 0 Å². The van der Waals surface area contributed by atoms with Crippen LogP contribution in [0.1, 0.15) is 12.0 Å². The smallest absolute Gasteiger partial charge is 0.230 e. The summed E-state index contributed by atoms with van der Waals surface area (Å²) in [5.74, 6) is 0. The second-order valence-electron chi connectivity index (χ2n) is 1.81. The summed E-state index contributed by atoms with van der Waals surface area (Å²) in [6.07, 6.45) is -2.55. The maximum Gasteiger partial charge on any atom is 0.266 e. The Balaban J connectivity index is 3.09. The van der Waals surface area contributed by atoms with Crippen LogP contribution in [-0.4, -0.2) is 4.98 Å². The number of nitrogens with zero attached hydrogens (tertiary/aromatic N) is 1. The molecule has 0 saturated carbocycles. The van der Waals surface area contributed by atoms with Crippen molar-refractivity contribution in [2.45, 2.75) is 6.43 Å². The van der Waals surface area contributed by atoms with Gasteiger partial charge in [-0.1, -0.05) is 11.6 Å². The Hall–Kier alpha value is 0.0300. The summed E-state index contributed by atoms with van der Waals surface area (Å²) in [4.78, 5) is 3.67. The summed E-state index contributed by atoms with van der Waals surface area (Å²) in [7, 11) is 0. The van der Waals surface area contributed by atoms with Gasteiger partial charge in [0.25, 0.3) is 6.43 Å². The van der Waals surface area contributed by atoms with Crippen molar-refractivity contribution in [1.82, 2.24) is 4.98 Å². The number of aromatic nitrogens is 1. The van der Waals surface area contributed by atoms with Crippen molar-refractivity contribution >= 4 is 34.2 Å². The van der Waals surface area contributed by atoms with Crippen LogP contribution in [0.15, 0.2) is 12.1 Å². The second-order valence-corrected chi connectivity index (χ2v) is 3.28. The van der Waals surface area contributed by atoms with Gasteiger partial charge in [0, 0.05) is 0 Å². The molecule has 0 aliphatic carbocycles. The molecule has 0 atom stereocenters. The minimum Gasteiger partial charge on any atom is -0.230 e. The van der Waals surface area contributed by atoms with Gasteiger partial charge in [-0.25, -0.2) is 13.8 Å². The molecule has 1 aromatic heterocycles. The van der Waals surface area contributed by atoms with E-state index < -0.39 is 6.43 Å². The van der Waals surface area contributed by atoms with Gasteiger partial charge in [0.2, 0.25) is 0 Å². The Morgan fingerprint density at radius 1 is 1.45 bits per heavy atom. The van der Waals surface area contributed by atoms with Crippen molar-refractivity contribution in [3.63, 3.8) is 0 Å². The van der Waals surface area contributed by atoms with Crippen LogP contribution < -0.4 is 0 Å². The normalized spacial score (nSPS) is 10.6. The first-order valence-corrected chi connectivity index (χ1v) is 4.17. The standard InChI is InChI=1S/C6H3ClF2IN/c7-5-3(6(8)9)1-2-4(10)11-5/h1-2,6H. The summed E-state index contributed by atoms with van der Waals surface area (Å²) >= 11 is 7.33. The van der Waals surface area contributed by atoms with Crippen LogP contribution in [0.2, 0.25) is 5.15 Å². The van der Waals surface area contributed by atoms with Crippen LogP contribution in [-0.2, 0) is 0 Å². The SMILES string of the molecule is FC(F)c1ccc(I)nc1Cl. The Bertz CT molecular complexity index is 267. The molecule has 0 spiro atoms. The molecule has 1 aromatic rings. The Kier molecular flexibility index (Phi) is 3.00. The number of halogens is 4. The molecule has 1 rings (SSSR count). The van der Waals surface area contributed by atoms with Crippen molar-refractivity contribution in [2.24, 2.45) is 0 Å². The third-order valence-corrected chi connectivity index (χ3v) is 1.98. The molecule has 0 aliphatic rings. The fourth-order valence-electron chi connectivity index (χ4n) is 0.586. The third-order valence-electron chi connectivity index (χ3n) is 1.08. The van der Waals surface area contributed by atoms with Crippen molar-refractivity contribution in [1.29, 1.82) is 0 Å². The van der Waals surface area contributed by atoms with Crippen LogP contribution in [0, 0.1) is 3.70 Å². The van der Waals surface area contributed by atoms with Gasteiger partial charge in [-0.2, -0.15) is 0 Å². The second kappa shape index (κ2) is 3.62. The first-order chi connectivity index (χ1) is 5.11. The van der Waals surface area contributed by atoms with Crippen LogP contribution >= 0.6 is 34.2 Å². The molecule has 60 valence electrons. The van der Waals surface area contributed by atoms with Gasteiger partial charge in [-0.15, -0.1) is 0 Å². The average Bonchev–Trinajstić information content (AvgIpc) is 1.85. The van der Waals surface area contributed by atoms with Crippen molar-refractivity contribution in [3.05, 3.63) is 26.5 Å². The number of pyridine rings is 1. The first kappa shape index (κ1) is 9.12. The lowest BCUT2D eigenvalue weighted by molar-refractivity contribution is 0.151. The molecule has 0 saturated heterocycles. The highest BCUT2D eigenvalue weighted by molar-refractivity contribution is 14.1. The summed E-state index contributed by atoms with van der Waals surface area (Å²) in [5.41, 5.74) is -0.216. The van der Waals surface area contributed by atoms with Gasteiger partial charge in [0.05, 0.1) is 5.56 Å². The van der Waals surface area contributed by atoms with Gasteiger partial charge in [0.1, 0.15) is 8.85 Å². The van der Waals surface area contributed by atoms with E-state index in [0.717, 1.165) is 0 Å². The van der Waals surface area contributed by atoms with Gasteiger partial charge in [-0.05, 0) is 34.7 Å². The monoisotopic (exact) mass is 289 g/mol. The lowest BCUT2D eigenvalue weighted by Crippen LogP contribution is -1.90. The summed E-state index contributed by atoms with van der Waals surface area (Å²) in [6, 6.07) is 2.77. The average molecular weight is 289 g/mol. The Morgan fingerprint density at radius 3 is 2.55 bits per heavy atom. The number of alkyl halides is 2. The van der Waals surface area contributed by atoms with E-state index in [1.165, 1.54) is 12.1 Å². The van der Waals surface area contributed by atoms with Gasteiger partial charge >= 0.3 is 0 Å². The van der Waals surface area contributed by atoms with E-state index in [4.69, 9.17) is 11.6 Å². The molecule has 5 heteroatoms. The minimum atomic E-state index is -2.55. The fraction of sp³-hybridized carbons (Fsp3) is 0.167. The van der Waals surface area contributed by atoms with Crippen molar-refractivity contribution in [2.75, 3.05) is 0 Å². The van der Waals surface area contributed by atoms with Crippen LogP contribution in [0.4, 0.5) is 8.78 Å². The van der Waals surface area contributed by atoms with Gasteiger partial charge in [-0.3, -0.25) is 0 Å². The van der Waals surface area contributed by atoms with Gasteiger partial charge < -0.3 is 0 Å². The molecule has 0 aromatic carbocycles. The fourth-order valence-corrected chi connectivity index (χ4v) is 1.39. The van der Waals surface area contributed by atoms with E-state index in [1.54, 1.807) is 0 Å². The molecule has 1 nitrogen and oxygen atoms in total. The molecule has 0 amide bonds. The minimum absolute atomic E-state index is 0.119. The maximum absolute atomic E-state index is 12.0. The van der Waals surface area contributed by atoms with E-state index in [-0.39, 0.29) is 10.7 Å². The maximum atomic E-state index is 12.0. The molecule has 0 fully saturated rings. The molecule has 0 radical (unpaired) electrons. The predicted molar refractivity (Wildman–Crippen MR) is 46.9 cm³/mol. The number of rotatable bonds is 1. The van der Waals surface area contributed by atoms with Crippen molar-refractivity contribution < 1.29 is 8.78 Å². The third kappa shape index (κ3) is 2.23. The molecule has 0 aliphatic heterocycles. The van der Waals surface area contributed by atoms with E-state index in [0.29, 0.717) is 3.70 Å².